The molecule has 1 unspecified atom stereocenters. The highest BCUT2D eigenvalue weighted by Gasteiger charge is 2.34. The van der Waals surface area contributed by atoms with Crippen LogP contribution in [0, 0.1) is 18.6 Å². The van der Waals surface area contributed by atoms with Crippen LogP contribution in [0.15, 0.2) is 60.9 Å². The molecule has 1 aliphatic rings. The van der Waals surface area contributed by atoms with Gasteiger partial charge in [0.25, 0.3) is 17.7 Å². The van der Waals surface area contributed by atoms with Gasteiger partial charge in [-0.15, -0.1) is 0 Å². The molecule has 0 spiro atoms. The van der Waals surface area contributed by atoms with Crippen molar-refractivity contribution in [3.63, 3.8) is 0 Å². The molecule has 1 aromatic heterocycles. The van der Waals surface area contributed by atoms with Gasteiger partial charge in [-0.2, -0.15) is 0 Å². The number of hydrogen-bond acceptors (Lipinski definition) is 6. The number of hydrogen-bond donors (Lipinski definition) is 3. The minimum Gasteiger partial charge on any atom is -0.389 e. The van der Waals surface area contributed by atoms with Crippen LogP contribution < -0.4 is 10.6 Å². The molecule has 0 saturated carbocycles. The second-order valence-corrected chi connectivity index (χ2v) is 11.5. The molecular weight excluding hydrogens is 580 g/mol. The number of carbonyl (C=O) groups is 3. The van der Waals surface area contributed by atoms with Crippen LogP contribution in [0.3, 0.4) is 0 Å². The normalized spacial score (nSPS) is 16.1. The van der Waals surface area contributed by atoms with Crippen LogP contribution in [0.4, 0.5) is 8.78 Å². The third-order valence-corrected chi connectivity index (χ3v) is 7.78. The molecule has 3 N–H and O–H groups in total. The number of halogens is 2. The molecule has 11 heteroatoms. The molecule has 240 valence electrons. The van der Waals surface area contributed by atoms with E-state index in [4.69, 9.17) is 0 Å². The van der Waals surface area contributed by atoms with Gasteiger partial charge in [0, 0.05) is 62.3 Å². The minimum absolute atomic E-state index is 0.0886. The number of aliphatic hydroxyl groups is 1. The summed E-state index contributed by atoms with van der Waals surface area (Å²) in [4.78, 5) is 47.5. The summed E-state index contributed by atoms with van der Waals surface area (Å²) in [5, 5.41) is 17.7. The van der Waals surface area contributed by atoms with Crippen molar-refractivity contribution in [2.75, 3.05) is 32.7 Å². The van der Waals surface area contributed by atoms with E-state index in [1.54, 1.807) is 47.2 Å². The fourth-order valence-electron chi connectivity index (χ4n) is 5.71. The van der Waals surface area contributed by atoms with E-state index in [1.807, 2.05) is 13.8 Å². The van der Waals surface area contributed by atoms with Crippen LogP contribution >= 0.6 is 0 Å². The number of carbonyl (C=O) groups excluding carboxylic acids is 3. The highest BCUT2D eigenvalue weighted by Crippen LogP contribution is 2.18. The van der Waals surface area contributed by atoms with Gasteiger partial charge in [0.2, 0.25) is 0 Å². The molecule has 2 heterocycles. The van der Waals surface area contributed by atoms with E-state index in [-0.39, 0.29) is 35.9 Å². The average Bonchev–Trinajstić information content (AvgIpc) is 3.03. The van der Waals surface area contributed by atoms with E-state index in [0.717, 1.165) is 31.0 Å². The van der Waals surface area contributed by atoms with Crippen molar-refractivity contribution < 1.29 is 28.3 Å². The maximum Gasteiger partial charge on any atom is 0.255 e. The molecule has 3 aromatic rings. The Labute approximate surface area is 262 Å². The fraction of sp³-hybridized carbons (Fsp3) is 0.412. The molecule has 2 aromatic carbocycles. The van der Waals surface area contributed by atoms with Gasteiger partial charge >= 0.3 is 0 Å². The molecule has 4 rings (SSSR count). The predicted octanol–water partition coefficient (Wildman–Crippen LogP) is 3.75. The van der Waals surface area contributed by atoms with Gasteiger partial charge in [0.15, 0.2) is 0 Å². The minimum atomic E-state index is -1.25. The number of aromatic nitrogens is 1. The molecule has 3 atom stereocenters. The van der Waals surface area contributed by atoms with Gasteiger partial charge < -0.3 is 25.5 Å². The maximum absolute atomic E-state index is 14.1. The second-order valence-electron chi connectivity index (χ2n) is 11.5. The Morgan fingerprint density at radius 3 is 2.38 bits per heavy atom. The second kappa shape index (κ2) is 15.7. The summed E-state index contributed by atoms with van der Waals surface area (Å²) >= 11 is 0. The van der Waals surface area contributed by atoms with Gasteiger partial charge in [0.1, 0.15) is 11.6 Å². The van der Waals surface area contributed by atoms with Gasteiger partial charge in [-0.25, -0.2) is 8.78 Å². The molecule has 9 nitrogen and oxygen atoms in total. The first-order chi connectivity index (χ1) is 21.6. The van der Waals surface area contributed by atoms with Crippen molar-refractivity contribution in [1.29, 1.82) is 0 Å². The first kappa shape index (κ1) is 33.7. The lowest BCUT2D eigenvalue weighted by molar-refractivity contribution is 0.0409. The van der Waals surface area contributed by atoms with Crippen molar-refractivity contribution in [3.8, 4) is 0 Å². The number of nitrogens with one attached hydrogen (secondary N) is 2. The van der Waals surface area contributed by atoms with Gasteiger partial charge in [-0.1, -0.05) is 13.8 Å². The molecule has 3 amide bonds. The van der Waals surface area contributed by atoms with E-state index in [0.29, 0.717) is 42.9 Å². The van der Waals surface area contributed by atoms with Crippen molar-refractivity contribution >= 4 is 17.7 Å². The summed E-state index contributed by atoms with van der Waals surface area (Å²) in [6.07, 6.45) is 3.30. The Morgan fingerprint density at radius 1 is 1.04 bits per heavy atom. The zero-order valence-corrected chi connectivity index (χ0v) is 25.9. The van der Waals surface area contributed by atoms with E-state index in [9.17, 15) is 28.3 Å². The van der Waals surface area contributed by atoms with Gasteiger partial charge in [0.05, 0.1) is 23.8 Å². The van der Waals surface area contributed by atoms with Crippen molar-refractivity contribution in [2.45, 2.75) is 58.2 Å². The van der Waals surface area contributed by atoms with Crippen LogP contribution in [0.5, 0.6) is 0 Å². The first-order valence-corrected chi connectivity index (χ1v) is 15.4. The molecule has 0 aliphatic carbocycles. The zero-order valence-electron chi connectivity index (χ0n) is 25.9. The van der Waals surface area contributed by atoms with E-state index >= 15 is 0 Å². The number of amides is 3. The highest BCUT2D eigenvalue weighted by atomic mass is 19.1. The summed E-state index contributed by atoms with van der Waals surface area (Å²) in [6.45, 7) is 7.89. The molecule has 0 bridgehead atoms. The quantitative estimate of drug-likeness (QED) is 0.284. The van der Waals surface area contributed by atoms with Crippen LogP contribution in [-0.2, 0) is 6.42 Å². The Kier molecular flexibility index (Phi) is 11.7. The summed E-state index contributed by atoms with van der Waals surface area (Å²) in [7, 11) is 0. The third-order valence-electron chi connectivity index (χ3n) is 7.78. The fourth-order valence-corrected chi connectivity index (χ4v) is 5.71. The standard InChI is InChI=1S/C34H41F2N5O4/c1-4-10-40(11-5-2)34(45)26-14-22(3)13-25(18-26)32(43)39-29(17-23-15-27(35)19-28(36)16-23)31(42)30-21-41(12-9-38-30)33(44)24-7-6-8-37-20-24/h6-8,13-16,18-20,29-31,38,42H,4-5,9-12,17,21H2,1-3H3,(H,39,43)/t29?,30-,31+/m1/s1. The Morgan fingerprint density at radius 2 is 1.73 bits per heavy atom. The lowest BCUT2D eigenvalue weighted by Crippen LogP contribution is -2.62. The molecule has 1 saturated heterocycles. The Hall–Kier alpha value is -4.22. The highest BCUT2D eigenvalue weighted by molar-refractivity contribution is 6.00. The van der Waals surface area contributed by atoms with Crippen molar-refractivity contribution in [1.82, 2.24) is 25.4 Å². The summed E-state index contributed by atoms with van der Waals surface area (Å²) in [6, 6.07) is 9.65. The van der Waals surface area contributed by atoms with Crippen LogP contribution in [0.25, 0.3) is 0 Å². The lowest BCUT2D eigenvalue weighted by Gasteiger charge is -2.38. The van der Waals surface area contributed by atoms with E-state index in [1.165, 1.54) is 12.3 Å². The van der Waals surface area contributed by atoms with Crippen LogP contribution in [0.1, 0.15) is 68.9 Å². The van der Waals surface area contributed by atoms with E-state index in [2.05, 4.69) is 15.6 Å². The SMILES string of the molecule is CCCN(CCC)C(=O)c1cc(C)cc(C(=O)NC(Cc2cc(F)cc(F)c2)[C@H](O)[C@H]2CN(C(=O)c3cccnc3)CCN2)c1. The predicted molar refractivity (Wildman–Crippen MR) is 167 cm³/mol. The van der Waals surface area contributed by atoms with Gasteiger partial charge in [-0.3, -0.25) is 19.4 Å². The first-order valence-electron chi connectivity index (χ1n) is 15.4. The molecule has 45 heavy (non-hydrogen) atoms. The summed E-state index contributed by atoms with van der Waals surface area (Å²) in [5.74, 6) is -2.52. The average molecular weight is 622 g/mol. The Bertz CT molecular complexity index is 1460. The lowest BCUT2D eigenvalue weighted by atomic mass is 9.94. The number of piperazine rings is 1. The number of nitrogens with zero attached hydrogens (tertiary/aromatic N) is 3. The molecular formula is C34H41F2N5O4. The maximum atomic E-state index is 14.1. The third kappa shape index (κ3) is 8.92. The van der Waals surface area contributed by atoms with Crippen molar-refractivity contribution in [2.24, 2.45) is 0 Å². The largest absolute Gasteiger partial charge is 0.389 e. The zero-order chi connectivity index (χ0) is 32.5. The molecule has 1 fully saturated rings. The van der Waals surface area contributed by atoms with Gasteiger partial charge in [-0.05, 0) is 79.8 Å². The summed E-state index contributed by atoms with van der Waals surface area (Å²) in [5.41, 5.74) is 1.96. The number of pyridine rings is 1. The smallest absolute Gasteiger partial charge is 0.255 e. The van der Waals surface area contributed by atoms with Crippen molar-refractivity contribution in [3.05, 3.63) is 100 Å². The molecule has 1 aliphatic heterocycles. The van der Waals surface area contributed by atoms with Crippen LogP contribution in [-0.4, -0.2) is 88.5 Å². The monoisotopic (exact) mass is 621 g/mol. The summed E-state index contributed by atoms with van der Waals surface area (Å²) < 4.78 is 28.2. The number of aryl methyl sites for hydroxylation is 1. The topological polar surface area (TPSA) is 115 Å². The molecule has 0 radical (unpaired) electrons. The number of rotatable bonds is 12. The number of aliphatic hydroxyl groups excluding tert-OH is 1. The number of benzene rings is 2. The Balaban J connectivity index is 1.59. The van der Waals surface area contributed by atoms with Crippen LogP contribution in [0.2, 0.25) is 0 Å². The van der Waals surface area contributed by atoms with E-state index < -0.39 is 35.7 Å².